The number of esters is 1. The first-order valence-corrected chi connectivity index (χ1v) is 10.8. The number of nitrogens with one attached hydrogen (secondary N) is 1. The minimum atomic E-state index is -0.592. The molecule has 1 aromatic rings. The Balaban J connectivity index is 1.96. The average Bonchev–Trinajstić information content (AvgIpc) is 2.99. The van der Waals surface area contributed by atoms with E-state index in [4.69, 9.17) is 9.73 Å². The molecule has 1 N–H and O–H groups in total. The molecule has 0 spiro atoms. The lowest BCUT2D eigenvalue weighted by molar-refractivity contribution is -0.140. The number of hydrogen-bond acceptors (Lipinski definition) is 7. The Morgan fingerprint density at radius 2 is 2.00 bits per heavy atom. The molecule has 0 aliphatic carbocycles. The van der Waals surface area contributed by atoms with Crippen LogP contribution in [0.4, 0.5) is 11.4 Å². The first-order valence-electron chi connectivity index (χ1n) is 10.8. The van der Waals surface area contributed by atoms with Crippen LogP contribution in [0.15, 0.2) is 40.5 Å². The number of carbonyl (C=O) groups is 1. The Morgan fingerprint density at radius 3 is 2.73 bits per heavy atom. The average molecular weight is 410 g/mol. The Morgan fingerprint density at radius 1 is 1.23 bits per heavy atom. The van der Waals surface area contributed by atoms with Crippen molar-refractivity contribution >= 4 is 23.2 Å². The lowest BCUT2D eigenvalue weighted by atomic mass is 10.1. The van der Waals surface area contributed by atoms with Crippen molar-refractivity contribution in [1.82, 2.24) is 9.80 Å². The Bertz CT molecular complexity index is 867. The topological polar surface area (TPSA) is 81.0 Å². The van der Waals surface area contributed by atoms with Crippen LogP contribution in [0.1, 0.15) is 33.1 Å². The minimum Gasteiger partial charge on any atom is -0.461 e. The van der Waals surface area contributed by atoms with Gasteiger partial charge in [0.05, 0.1) is 18.0 Å². The number of anilines is 1. The fourth-order valence-corrected chi connectivity index (χ4v) is 3.69. The number of likely N-dealkylation sites (N-methyl/N-ethyl adjacent to an activating group) is 1. The van der Waals surface area contributed by atoms with Crippen LogP contribution < -0.4 is 5.32 Å². The summed E-state index contributed by atoms with van der Waals surface area (Å²) >= 11 is 0. The molecule has 2 heterocycles. The summed E-state index contributed by atoms with van der Waals surface area (Å²) in [4.78, 5) is 22.1. The van der Waals surface area contributed by atoms with Gasteiger partial charge in [0.2, 0.25) is 0 Å². The van der Waals surface area contributed by atoms with E-state index < -0.39 is 5.97 Å². The maximum Gasteiger partial charge on any atom is 0.351 e. The van der Waals surface area contributed by atoms with Crippen molar-refractivity contribution in [1.29, 1.82) is 5.26 Å². The van der Waals surface area contributed by atoms with Crippen LogP contribution in [0.2, 0.25) is 0 Å². The van der Waals surface area contributed by atoms with Crippen molar-refractivity contribution in [3.63, 3.8) is 0 Å². The summed E-state index contributed by atoms with van der Waals surface area (Å²) in [6.07, 6.45) is 2.86. The first-order chi connectivity index (χ1) is 14.6. The molecular formula is C23H31N5O2. The fourth-order valence-electron chi connectivity index (χ4n) is 3.69. The van der Waals surface area contributed by atoms with Crippen molar-refractivity contribution < 1.29 is 9.53 Å². The molecule has 3 rings (SSSR count). The van der Waals surface area contributed by atoms with Crippen molar-refractivity contribution in [2.24, 2.45) is 10.9 Å². The number of rotatable bonds is 5. The number of nitrogens with zero attached hydrogens (tertiary/aromatic N) is 4. The van der Waals surface area contributed by atoms with Gasteiger partial charge in [-0.2, -0.15) is 5.26 Å². The molecule has 2 aliphatic heterocycles. The summed E-state index contributed by atoms with van der Waals surface area (Å²) in [5.41, 5.74) is 2.00. The predicted molar refractivity (Wildman–Crippen MR) is 119 cm³/mol. The van der Waals surface area contributed by atoms with Crippen LogP contribution in [0.5, 0.6) is 0 Å². The summed E-state index contributed by atoms with van der Waals surface area (Å²) in [5, 5.41) is 13.2. The van der Waals surface area contributed by atoms with Crippen molar-refractivity contribution in [3.05, 3.63) is 35.5 Å². The summed E-state index contributed by atoms with van der Waals surface area (Å²) in [7, 11) is 2.10. The molecule has 0 atom stereocenters. The third-order valence-electron chi connectivity index (χ3n) is 5.80. The summed E-state index contributed by atoms with van der Waals surface area (Å²) in [5.74, 6) is 0.346. The third-order valence-corrected chi connectivity index (χ3v) is 5.80. The fraction of sp³-hybridized carbons (Fsp3) is 0.522. The molecule has 30 heavy (non-hydrogen) atoms. The number of fused-ring (bicyclic) bond motifs is 1. The predicted octanol–water partition coefficient (Wildman–Crippen LogP) is 3.54. The number of benzene rings is 1. The van der Waals surface area contributed by atoms with Crippen LogP contribution in [-0.2, 0) is 9.53 Å². The van der Waals surface area contributed by atoms with Gasteiger partial charge >= 0.3 is 5.97 Å². The lowest BCUT2D eigenvalue weighted by Gasteiger charge is -2.30. The second-order valence-corrected chi connectivity index (χ2v) is 7.86. The highest BCUT2D eigenvalue weighted by atomic mass is 16.5. The zero-order chi connectivity index (χ0) is 21.5. The van der Waals surface area contributed by atoms with Gasteiger partial charge in [-0.15, -0.1) is 0 Å². The molecule has 2 aliphatic rings. The van der Waals surface area contributed by atoms with Gasteiger partial charge < -0.3 is 19.9 Å². The van der Waals surface area contributed by atoms with Gasteiger partial charge in [-0.05, 0) is 38.1 Å². The smallest absolute Gasteiger partial charge is 0.351 e. The molecule has 0 bridgehead atoms. The molecule has 7 nitrogen and oxygen atoms in total. The number of aliphatic imine (C=N–C) groups is 1. The molecule has 0 unspecified atom stereocenters. The van der Waals surface area contributed by atoms with E-state index in [0.717, 1.165) is 56.8 Å². The van der Waals surface area contributed by atoms with Gasteiger partial charge in [-0.25, -0.2) is 9.79 Å². The highest BCUT2D eigenvalue weighted by Gasteiger charge is 2.29. The Labute approximate surface area is 179 Å². The number of amidine groups is 1. The molecule has 0 radical (unpaired) electrons. The number of ether oxygens (including phenoxy) is 1. The highest BCUT2D eigenvalue weighted by molar-refractivity contribution is 6.12. The maximum absolute atomic E-state index is 12.8. The molecule has 1 saturated heterocycles. The van der Waals surface area contributed by atoms with Crippen LogP contribution in [0.3, 0.4) is 0 Å². The summed E-state index contributed by atoms with van der Waals surface area (Å²) in [6.45, 7) is 7.98. The van der Waals surface area contributed by atoms with Gasteiger partial charge in [0.1, 0.15) is 11.8 Å². The first kappa shape index (κ1) is 21.8. The van der Waals surface area contributed by atoms with Crippen LogP contribution in [0, 0.1) is 17.2 Å². The van der Waals surface area contributed by atoms with Crippen molar-refractivity contribution in [2.75, 3.05) is 45.2 Å². The number of para-hydroxylation sites is 2. The van der Waals surface area contributed by atoms with E-state index in [1.165, 1.54) is 0 Å². The highest BCUT2D eigenvalue weighted by Crippen LogP contribution is 2.33. The third kappa shape index (κ3) is 5.00. The summed E-state index contributed by atoms with van der Waals surface area (Å²) < 4.78 is 5.52. The van der Waals surface area contributed by atoms with Crippen molar-refractivity contribution in [3.8, 4) is 6.07 Å². The molecule has 1 aromatic carbocycles. The zero-order valence-electron chi connectivity index (χ0n) is 18.1. The maximum atomic E-state index is 12.8. The molecule has 1 fully saturated rings. The lowest BCUT2D eigenvalue weighted by Crippen LogP contribution is -2.39. The van der Waals surface area contributed by atoms with E-state index >= 15 is 0 Å². The molecule has 7 heteroatoms. The normalized spacial score (nSPS) is 18.6. The van der Waals surface area contributed by atoms with E-state index in [-0.39, 0.29) is 5.57 Å². The van der Waals surface area contributed by atoms with Crippen molar-refractivity contribution in [2.45, 2.75) is 33.1 Å². The molecule has 0 aromatic heterocycles. The zero-order valence-corrected chi connectivity index (χ0v) is 18.1. The second kappa shape index (κ2) is 10.3. The van der Waals surface area contributed by atoms with E-state index in [0.29, 0.717) is 24.1 Å². The van der Waals surface area contributed by atoms with E-state index in [1.807, 2.05) is 24.3 Å². The number of carbonyl (C=O) groups excluding carboxylic acids is 1. The monoisotopic (exact) mass is 409 g/mol. The second-order valence-electron chi connectivity index (χ2n) is 7.86. The molecular weight excluding hydrogens is 378 g/mol. The van der Waals surface area contributed by atoms with Crippen LogP contribution in [-0.4, -0.2) is 61.4 Å². The van der Waals surface area contributed by atoms with Gasteiger partial charge in [0.25, 0.3) is 0 Å². The molecule has 0 saturated carbocycles. The minimum absolute atomic E-state index is 0.0215. The van der Waals surface area contributed by atoms with E-state index in [2.05, 4.69) is 42.1 Å². The molecule has 0 amide bonds. The number of nitriles is 1. The van der Waals surface area contributed by atoms with E-state index in [1.54, 1.807) is 0 Å². The largest absolute Gasteiger partial charge is 0.461 e. The number of hydrogen-bond donors (Lipinski definition) is 1. The standard InChI is InChI=1S/C23H31N5O2/c1-4-17(5-2)16-30-23(29)18(15-24)21-22(28-12-8-11-27(3)13-14-28)26-20-10-7-6-9-19(20)25-21/h6-7,9-10,17,25H,4-5,8,11-14,16H2,1-3H3/b21-18-. The Hall–Kier alpha value is -2.85. The summed E-state index contributed by atoms with van der Waals surface area (Å²) in [6, 6.07) is 9.75. The van der Waals surface area contributed by atoms with Gasteiger partial charge in [-0.3, -0.25) is 0 Å². The Kier molecular flexibility index (Phi) is 7.47. The van der Waals surface area contributed by atoms with Gasteiger partial charge in [-0.1, -0.05) is 38.8 Å². The van der Waals surface area contributed by atoms with Crippen LogP contribution in [0.25, 0.3) is 0 Å². The molecule has 160 valence electrons. The van der Waals surface area contributed by atoms with Crippen LogP contribution >= 0.6 is 0 Å². The van der Waals surface area contributed by atoms with Gasteiger partial charge in [0, 0.05) is 19.6 Å². The van der Waals surface area contributed by atoms with E-state index in [9.17, 15) is 10.1 Å². The quantitative estimate of drug-likeness (QED) is 0.455. The SMILES string of the molecule is CCC(CC)COC(=O)/C(C#N)=C1\Nc2ccccc2N=C1N1CCCN(C)CC1. The van der Waals surface area contributed by atoms with Gasteiger partial charge in [0.15, 0.2) is 11.4 Å².